The van der Waals surface area contributed by atoms with Crippen LogP contribution in [0.1, 0.15) is 50.2 Å². The fourth-order valence-electron chi connectivity index (χ4n) is 6.54. The molecule has 5 rings (SSSR count). The second kappa shape index (κ2) is 16.7. The monoisotopic (exact) mass is 613 g/mol. The summed E-state index contributed by atoms with van der Waals surface area (Å²) >= 11 is 0. The Kier molecular flexibility index (Phi) is 13.3. The molecular formula is C33H48ClN5O4. The Hall–Kier alpha value is -3.11. The van der Waals surface area contributed by atoms with Crippen LogP contribution in [0.4, 0.5) is 0 Å². The van der Waals surface area contributed by atoms with Gasteiger partial charge in [0, 0.05) is 61.8 Å². The number of amides is 2. The van der Waals surface area contributed by atoms with Crippen molar-refractivity contribution in [3.63, 3.8) is 0 Å². The number of carbonyl (C=O) groups is 2. The summed E-state index contributed by atoms with van der Waals surface area (Å²) < 4.78 is 5.54. The van der Waals surface area contributed by atoms with Crippen molar-refractivity contribution in [3.8, 4) is 5.75 Å². The van der Waals surface area contributed by atoms with Gasteiger partial charge in [-0.25, -0.2) is 0 Å². The SMILES string of the molecule is COc1ccccc1CN(C[C@@H](Cc1c[nH]c2ccccc12)NC(=O)CN1CCC(N2CCCCC2)CC1)C(C)=O.Cl.O. The van der Waals surface area contributed by atoms with Crippen molar-refractivity contribution in [1.29, 1.82) is 0 Å². The van der Waals surface area contributed by atoms with Gasteiger partial charge in [0.2, 0.25) is 11.8 Å². The lowest BCUT2D eigenvalue weighted by atomic mass is 10.00. The van der Waals surface area contributed by atoms with E-state index in [2.05, 4.69) is 32.2 Å². The van der Waals surface area contributed by atoms with Crippen LogP contribution in [0.2, 0.25) is 0 Å². The number of fused-ring (bicyclic) bond motifs is 1. The van der Waals surface area contributed by atoms with Crippen LogP contribution in [0.15, 0.2) is 54.7 Å². The van der Waals surface area contributed by atoms with Gasteiger partial charge in [-0.2, -0.15) is 0 Å². The summed E-state index contributed by atoms with van der Waals surface area (Å²) in [6.07, 6.45) is 8.89. The molecule has 0 spiro atoms. The Morgan fingerprint density at radius 3 is 2.42 bits per heavy atom. The predicted molar refractivity (Wildman–Crippen MR) is 174 cm³/mol. The smallest absolute Gasteiger partial charge is 0.234 e. The van der Waals surface area contributed by atoms with E-state index in [4.69, 9.17) is 4.74 Å². The van der Waals surface area contributed by atoms with Crippen molar-refractivity contribution in [2.45, 2.75) is 64.1 Å². The molecule has 0 radical (unpaired) electrons. The van der Waals surface area contributed by atoms with Crippen LogP contribution < -0.4 is 10.1 Å². The number of halogens is 1. The topological polar surface area (TPSA) is 112 Å². The maximum absolute atomic E-state index is 13.4. The lowest BCUT2D eigenvalue weighted by molar-refractivity contribution is -0.131. The molecule has 43 heavy (non-hydrogen) atoms. The van der Waals surface area contributed by atoms with Gasteiger partial charge in [0.15, 0.2) is 0 Å². The van der Waals surface area contributed by atoms with Crippen molar-refractivity contribution < 1.29 is 19.8 Å². The van der Waals surface area contributed by atoms with Gasteiger partial charge in [-0.15, -0.1) is 12.4 Å². The molecule has 2 saturated heterocycles. The molecule has 0 bridgehead atoms. The number of para-hydroxylation sites is 2. The van der Waals surface area contributed by atoms with Crippen LogP contribution >= 0.6 is 12.4 Å². The Labute approximate surface area is 261 Å². The second-order valence-electron chi connectivity index (χ2n) is 11.6. The first-order valence-corrected chi connectivity index (χ1v) is 15.2. The number of benzene rings is 2. The van der Waals surface area contributed by atoms with E-state index in [0.29, 0.717) is 32.1 Å². The van der Waals surface area contributed by atoms with Gasteiger partial charge in [-0.1, -0.05) is 42.8 Å². The van der Waals surface area contributed by atoms with Gasteiger partial charge in [0.05, 0.1) is 19.7 Å². The van der Waals surface area contributed by atoms with Crippen LogP contribution in [-0.4, -0.2) is 95.4 Å². The molecule has 9 nitrogen and oxygen atoms in total. The average molecular weight is 614 g/mol. The van der Waals surface area contributed by atoms with E-state index in [1.807, 2.05) is 47.5 Å². The average Bonchev–Trinajstić information content (AvgIpc) is 3.40. The first-order valence-electron chi connectivity index (χ1n) is 15.2. The highest BCUT2D eigenvalue weighted by atomic mass is 35.5. The molecule has 2 amide bonds. The van der Waals surface area contributed by atoms with Crippen LogP contribution in [0.5, 0.6) is 5.75 Å². The molecule has 3 heterocycles. The molecule has 4 N–H and O–H groups in total. The molecule has 2 fully saturated rings. The van der Waals surface area contributed by atoms with Crippen molar-refractivity contribution >= 4 is 35.1 Å². The van der Waals surface area contributed by atoms with Crippen LogP contribution in [0, 0.1) is 0 Å². The number of aromatic nitrogens is 1. The van der Waals surface area contributed by atoms with E-state index >= 15 is 0 Å². The fraction of sp³-hybridized carbons (Fsp3) is 0.515. The van der Waals surface area contributed by atoms with Gasteiger partial charge in [-0.05, 0) is 62.9 Å². The number of aromatic amines is 1. The highest BCUT2D eigenvalue weighted by Gasteiger charge is 2.27. The molecule has 1 aromatic heterocycles. The summed E-state index contributed by atoms with van der Waals surface area (Å²) in [4.78, 5) is 36.3. The third kappa shape index (κ3) is 9.19. The standard InChI is InChI=1S/C33H45N5O3.ClH.H2O/c1-25(39)38(22-26-10-4-7-13-32(26)41-2)23-28(20-27-21-34-31-12-6-5-11-30(27)31)35-33(40)24-36-18-14-29(15-19-36)37-16-8-3-9-17-37;;/h4-7,10-13,21,28-29,34H,3,8-9,14-20,22-24H2,1-2H3,(H,35,40);1H;1H2/t28-;;/m1../s1. The predicted octanol–water partition coefficient (Wildman–Crippen LogP) is 3.80. The number of carbonyl (C=O) groups excluding carboxylic acids is 2. The molecule has 2 aliphatic heterocycles. The van der Waals surface area contributed by atoms with Crippen LogP contribution in [0.3, 0.4) is 0 Å². The summed E-state index contributed by atoms with van der Waals surface area (Å²) in [5.41, 5.74) is 3.15. The Bertz CT molecular complexity index is 1300. The molecule has 2 aromatic carbocycles. The summed E-state index contributed by atoms with van der Waals surface area (Å²) in [6.45, 7) is 7.17. The molecule has 3 aromatic rings. The van der Waals surface area contributed by atoms with Crippen molar-refractivity contribution in [3.05, 3.63) is 65.9 Å². The van der Waals surface area contributed by atoms with Gasteiger partial charge in [0.1, 0.15) is 5.75 Å². The van der Waals surface area contributed by atoms with E-state index < -0.39 is 0 Å². The third-order valence-corrected chi connectivity index (χ3v) is 8.78. The molecule has 0 unspecified atom stereocenters. The van der Waals surface area contributed by atoms with E-state index in [0.717, 1.165) is 53.7 Å². The largest absolute Gasteiger partial charge is 0.496 e. The summed E-state index contributed by atoms with van der Waals surface area (Å²) in [5.74, 6) is 0.741. The van der Waals surface area contributed by atoms with E-state index in [1.54, 1.807) is 14.0 Å². The molecule has 10 heteroatoms. The Morgan fingerprint density at radius 2 is 1.70 bits per heavy atom. The van der Waals surface area contributed by atoms with Crippen molar-refractivity contribution in [2.24, 2.45) is 0 Å². The first-order chi connectivity index (χ1) is 20.0. The molecule has 2 aliphatic rings. The number of rotatable bonds is 11. The number of likely N-dealkylation sites (tertiary alicyclic amines) is 2. The number of nitrogens with zero attached hydrogens (tertiary/aromatic N) is 3. The lowest BCUT2D eigenvalue weighted by Crippen LogP contribution is -2.51. The number of hydrogen-bond acceptors (Lipinski definition) is 5. The number of hydrogen-bond donors (Lipinski definition) is 2. The minimum atomic E-state index is -0.230. The molecule has 236 valence electrons. The highest BCUT2D eigenvalue weighted by molar-refractivity contribution is 5.85. The molecule has 0 aliphatic carbocycles. The third-order valence-electron chi connectivity index (χ3n) is 8.78. The number of nitrogens with one attached hydrogen (secondary N) is 2. The Morgan fingerprint density at radius 1 is 1.00 bits per heavy atom. The summed E-state index contributed by atoms with van der Waals surface area (Å²) in [5, 5.41) is 4.46. The lowest BCUT2D eigenvalue weighted by Gasteiger charge is -2.40. The highest BCUT2D eigenvalue weighted by Crippen LogP contribution is 2.23. The number of piperidine rings is 2. The van der Waals surface area contributed by atoms with E-state index in [-0.39, 0.29) is 35.7 Å². The summed E-state index contributed by atoms with van der Waals surface area (Å²) in [6, 6.07) is 16.4. The fourth-order valence-corrected chi connectivity index (χ4v) is 6.54. The number of methoxy groups -OCH3 is 1. The minimum Gasteiger partial charge on any atom is -0.496 e. The molecule has 1 atom stereocenters. The van der Waals surface area contributed by atoms with Gasteiger partial charge in [0.25, 0.3) is 0 Å². The zero-order valence-corrected chi connectivity index (χ0v) is 26.3. The normalized spacial score (nSPS) is 17.0. The van der Waals surface area contributed by atoms with Crippen molar-refractivity contribution in [1.82, 2.24) is 25.0 Å². The Balaban J connectivity index is 0.00000253. The maximum Gasteiger partial charge on any atom is 0.234 e. The maximum atomic E-state index is 13.4. The molecule has 0 saturated carbocycles. The van der Waals surface area contributed by atoms with Crippen LogP contribution in [-0.2, 0) is 22.6 Å². The summed E-state index contributed by atoms with van der Waals surface area (Å²) in [7, 11) is 1.65. The van der Waals surface area contributed by atoms with Gasteiger partial charge >= 0.3 is 0 Å². The number of H-pyrrole nitrogens is 1. The van der Waals surface area contributed by atoms with E-state index in [1.165, 1.54) is 32.4 Å². The van der Waals surface area contributed by atoms with Crippen molar-refractivity contribution in [2.75, 3.05) is 46.4 Å². The zero-order valence-electron chi connectivity index (χ0n) is 25.5. The van der Waals surface area contributed by atoms with Crippen LogP contribution in [0.25, 0.3) is 10.9 Å². The minimum absolute atomic E-state index is 0. The zero-order chi connectivity index (χ0) is 28.6. The molecular weight excluding hydrogens is 566 g/mol. The van der Waals surface area contributed by atoms with Gasteiger partial charge in [-0.3, -0.25) is 14.5 Å². The number of ether oxygens (including phenoxy) is 1. The van der Waals surface area contributed by atoms with E-state index in [9.17, 15) is 9.59 Å². The quantitative estimate of drug-likeness (QED) is 0.342. The first kappa shape index (κ1) is 34.4. The van der Waals surface area contributed by atoms with Gasteiger partial charge < -0.3 is 30.3 Å². The second-order valence-corrected chi connectivity index (χ2v) is 11.6.